The molecule has 0 saturated heterocycles. The summed E-state index contributed by atoms with van der Waals surface area (Å²) in [6.45, 7) is 3.28. The Morgan fingerprint density at radius 2 is 2.05 bits per heavy atom. The monoisotopic (exact) mass is 320 g/mol. The third-order valence-corrected chi connectivity index (χ3v) is 4.27. The number of hydrogen-bond acceptors (Lipinski definition) is 1. The fourth-order valence-corrected chi connectivity index (χ4v) is 2.91. The average Bonchev–Trinajstić information content (AvgIpc) is 2.88. The number of alkyl halides is 1. The van der Waals surface area contributed by atoms with E-state index < -0.39 is 0 Å². The summed E-state index contributed by atoms with van der Waals surface area (Å²) >= 11 is 3.77. The highest BCUT2D eigenvalue weighted by molar-refractivity contribution is 9.09. The number of aromatic nitrogens is 2. The normalized spacial score (nSPS) is 12.5. The number of halogens is 1. The smallest absolute Gasteiger partial charge is 0.108 e. The molecule has 19 heavy (non-hydrogen) atoms. The van der Waals surface area contributed by atoms with Gasteiger partial charge in [-0.15, -0.1) is 0 Å². The Morgan fingerprint density at radius 3 is 2.79 bits per heavy atom. The van der Waals surface area contributed by atoms with Gasteiger partial charge in [0, 0.05) is 30.2 Å². The van der Waals surface area contributed by atoms with Crippen LogP contribution >= 0.6 is 15.9 Å². The van der Waals surface area contributed by atoms with Crippen LogP contribution in [0.4, 0.5) is 0 Å². The largest absolute Gasteiger partial charge is 0.335 e. The van der Waals surface area contributed by atoms with E-state index >= 15 is 0 Å². The molecule has 0 aliphatic heterocycles. The molecule has 102 valence electrons. The van der Waals surface area contributed by atoms with Crippen LogP contribution in [0, 0.1) is 0 Å². The van der Waals surface area contributed by atoms with E-state index in [2.05, 4.69) is 68.9 Å². The second-order valence-electron chi connectivity index (χ2n) is 4.81. The molecule has 3 heteroatoms. The highest BCUT2D eigenvalue weighted by Crippen LogP contribution is 2.27. The zero-order valence-corrected chi connectivity index (χ0v) is 13.0. The molecule has 0 aliphatic carbocycles. The summed E-state index contributed by atoms with van der Waals surface area (Å²) in [6.07, 6.45) is 8.51. The summed E-state index contributed by atoms with van der Waals surface area (Å²) in [5.41, 5.74) is 1.36. The van der Waals surface area contributed by atoms with Crippen LogP contribution in [0.3, 0.4) is 0 Å². The molecule has 0 aliphatic rings. The van der Waals surface area contributed by atoms with Gasteiger partial charge in [-0.3, -0.25) is 0 Å². The molecule has 0 N–H and O–H groups in total. The fraction of sp³-hybridized carbons (Fsp3) is 0.438. The molecule has 2 nitrogen and oxygen atoms in total. The highest BCUT2D eigenvalue weighted by Gasteiger charge is 2.08. The SMILES string of the molecule is CCCn1ccnc1CCCC(Br)c1ccccc1. The third-order valence-electron chi connectivity index (χ3n) is 3.29. The zero-order chi connectivity index (χ0) is 13.5. The van der Waals surface area contributed by atoms with Crippen molar-refractivity contribution >= 4 is 15.9 Å². The summed E-state index contributed by atoms with van der Waals surface area (Å²) in [4.78, 5) is 4.90. The predicted octanol–water partition coefficient (Wildman–Crippen LogP) is 4.75. The van der Waals surface area contributed by atoms with Gasteiger partial charge in [0.25, 0.3) is 0 Å². The lowest BCUT2D eigenvalue weighted by Gasteiger charge is -2.10. The van der Waals surface area contributed by atoms with Crippen LogP contribution < -0.4 is 0 Å². The Bertz CT molecular complexity index is 479. The van der Waals surface area contributed by atoms with Crippen molar-refractivity contribution < 1.29 is 0 Å². The molecule has 0 amide bonds. The van der Waals surface area contributed by atoms with Crippen molar-refractivity contribution in [1.82, 2.24) is 9.55 Å². The summed E-state index contributed by atoms with van der Waals surface area (Å²) in [7, 11) is 0. The highest BCUT2D eigenvalue weighted by atomic mass is 79.9. The van der Waals surface area contributed by atoms with Gasteiger partial charge in [0.15, 0.2) is 0 Å². The summed E-state index contributed by atoms with van der Waals surface area (Å²) in [5.74, 6) is 1.22. The minimum absolute atomic E-state index is 0.447. The Morgan fingerprint density at radius 1 is 1.26 bits per heavy atom. The van der Waals surface area contributed by atoms with Gasteiger partial charge in [-0.25, -0.2) is 4.98 Å². The van der Waals surface area contributed by atoms with Crippen LogP contribution in [0.1, 0.15) is 42.4 Å². The summed E-state index contributed by atoms with van der Waals surface area (Å²) < 4.78 is 2.27. The Kier molecular flexibility index (Phi) is 5.64. The standard InChI is InChI=1S/C16H21BrN2/c1-2-12-19-13-11-18-16(19)10-6-9-15(17)14-7-4-3-5-8-14/h3-5,7-8,11,13,15H,2,6,9-10,12H2,1H3. The Hall–Kier alpha value is -1.09. The van der Waals surface area contributed by atoms with E-state index in [1.54, 1.807) is 0 Å². The predicted molar refractivity (Wildman–Crippen MR) is 83.6 cm³/mol. The van der Waals surface area contributed by atoms with Crippen LogP contribution in [0.2, 0.25) is 0 Å². The quantitative estimate of drug-likeness (QED) is 0.673. The molecule has 1 unspecified atom stereocenters. The van der Waals surface area contributed by atoms with Crippen molar-refractivity contribution in [2.45, 2.75) is 44.0 Å². The van der Waals surface area contributed by atoms with Crippen molar-refractivity contribution in [3.05, 3.63) is 54.1 Å². The first kappa shape index (κ1) is 14.3. The van der Waals surface area contributed by atoms with Crippen LogP contribution in [-0.2, 0) is 13.0 Å². The van der Waals surface area contributed by atoms with Gasteiger partial charge in [0.05, 0.1) is 0 Å². The summed E-state index contributed by atoms with van der Waals surface area (Å²) in [5, 5.41) is 0. The first-order chi connectivity index (χ1) is 9.31. The van der Waals surface area contributed by atoms with E-state index in [0.29, 0.717) is 4.83 Å². The maximum absolute atomic E-state index is 4.45. The van der Waals surface area contributed by atoms with Crippen molar-refractivity contribution in [3.63, 3.8) is 0 Å². The van der Waals surface area contributed by atoms with Crippen LogP contribution in [0.15, 0.2) is 42.7 Å². The lowest BCUT2D eigenvalue weighted by molar-refractivity contribution is 0.611. The van der Waals surface area contributed by atoms with Crippen molar-refractivity contribution in [2.75, 3.05) is 0 Å². The molecule has 0 bridgehead atoms. The molecule has 2 aromatic rings. The Labute approximate surface area is 124 Å². The molecule has 2 rings (SSSR count). The van der Waals surface area contributed by atoms with Crippen molar-refractivity contribution in [2.24, 2.45) is 0 Å². The minimum atomic E-state index is 0.447. The molecule has 1 aromatic heterocycles. The molecule has 0 fully saturated rings. The number of imidazole rings is 1. The molecule has 0 spiro atoms. The number of hydrogen-bond donors (Lipinski definition) is 0. The molecular formula is C16H21BrN2. The van der Waals surface area contributed by atoms with Gasteiger partial charge < -0.3 is 4.57 Å². The number of aryl methyl sites for hydroxylation is 2. The van der Waals surface area contributed by atoms with Gasteiger partial charge in [-0.2, -0.15) is 0 Å². The van der Waals surface area contributed by atoms with Gasteiger partial charge in [-0.1, -0.05) is 53.2 Å². The lowest BCUT2D eigenvalue weighted by Crippen LogP contribution is -2.03. The minimum Gasteiger partial charge on any atom is -0.335 e. The molecular weight excluding hydrogens is 300 g/mol. The van der Waals surface area contributed by atoms with Gasteiger partial charge in [0.1, 0.15) is 5.82 Å². The number of rotatable bonds is 7. The van der Waals surface area contributed by atoms with Gasteiger partial charge in [0.2, 0.25) is 0 Å². The molecule has 0 radical (unpaired) electrons. The average molecular weight is 321 g/mol. The second kappa shape index (κ2) is 7.49. The van der Waals surface area contributed by atoms with Crippen LogP contribution in [0.25, 0.3) is 0 Å². The summed E-state index contributed by atoms with van der Waals surface area (Å²) in [6, 6.07) is 10.6. The van der Waals surface area contributed by atoms with E-state index in [0.717, 1.165) is 32.2 Å². The second-order valence-corrected chi connectivity index (χ2v) is 5.91. The van der Waals surface area contributed by atoms with Crippen molar-refractivity contribution in [3.8, 4) is 0 Å². The van der Waals surface area contributed by atoms with E-state index in [4.69, 9.17) is 0 Å². The zero-order valence-electron chi connectivity index (χ0n) is 11.4. The first-order valence-corrected chi connectivity index (χ1v) is 7.92. The lowest BCUT2D eigenvalue weighted by atomic mass is 10.1. The van der Waals surface area contributed by atoms with Crippen LogP contribution in [0.5, 0.6) is 0 Å². The number of benzene rings is 1. The first-order valence-electron chi connectivity index (χ1n) is 7.00. The van der Waals surface area contributed by atoms with E-state index in [1.165, 1.54) is 11.4 Å². The topological polar surface area (TPSA) is 17.8 Å². The van der Waals surface area contributed by atoms with Crippen molar-refractivity contribution in [1.29, 1.82) is 0 Å². The maximum atomic E-state index is 4.45. The maximum Gasteiger partial charge on any atom is 0.108 e. The molecule has 1 aromatic carbocycles. The van der Waals surface area contributed by atoms with E-state index in [1.807, 2.05) is 6.20 Å². The third kappa shape index (κ3) is 4.20. The van der Waals surface area contributed by atoms with Gasteiger partial charge in [-0.05, 0) is 24.8 Å². The fourth-order valence-electron chi connectivity index (χ4n) is 2.28. The van der Waals surface area contributed by atoms with Crippen LogP contribution in [-0.4, -0.2) is 9.55 Å². The molecule has 0 saturated carbocycles. The Balaban J connectivity index is 1.81. The van der Waals surface area contributed by atoms with E-state index in [9.17, 15) is 0 Å². The number of nitrogens with zero attached hydrogens (tertiary/aromatic N) is 2. The molecule has 1 atom stereocenters. The van der Waals surface area contributed by atoms with E-state index in [-0.39, 0.29) is 0 Å². The van der Waals surface area contributed by atoms with Gasteiger partial charge >= 0.3 is 0 Å². The molecule has 1 heterocycles.